The van der Waals surface area contributed by atoms with Gasteiger partial charge in [0.25, 0.3) is 0 Å². The highest BCUT2D eigenvalue weighted by atomic mass is 16.5. The van der Waals surface area contributed by atoms with Crippen LogP contribution < -0.4 is 15.1 Å². The number of hydrogen-bond acceptors (Lipinski definition) is 7. The van der Waals surface area contributed by atoms with Gasteiger partial charge in [0.05, 0.1) is 25.2 Å². The Morgan fingerprint density at radius 1 is 1.06 bits per heavy atom. The summed E-state index contributed by atoms with van der Waals surface area (Å²) >= 11 is 0. The minimum atomic E-state index is -0.0835. The number of nitrogens with one attached hydrogen (secondary N) is 1. The predicted molar refractivity (Wildman–Crippen MR) is 124 cm³/mol. The van der Waals surface area contributed by atoms with Crippen molar-refractivity contribution < 1.29 is 9.53 Å². The largest absolute Gasteiger partial charge is 0.379 e. The van der Waals surface area contributed by atoms with Crippen LogP contribution in [0.2, 0.25) is 0 Å². The van der Waals surface area contributed by atoms with E-state index in [9.17, 15) is 4.79 Å². The Bertz CT molecular complexity index is 904. The first-order chi connectivity index (χ1) is 15.8. The molecule has 32 heavy (non-hydrogen) atoms. The first kappa shape index (κ1) is 21.2. The maximum absolute atomic E-state index is 13.3. The van der Waals surface area contributed by atoms with Crippen molar-refractivity contribution in [1.82, 2.24) is 20.2 Å². The molecule has 2 unspecified atom stereocenters. The summed E-state index contributed by atoms with van der Waals surface area (Å²) in [5, 5.41) is 3.24. The fourth-order valence-electron chi connectivity index (χ4n) is 5.16. The molecule has 1 aromatic carbocycles. The Balaban J connectivity index is 1.26. The van der Waals surface area contributed by atoms with Crippen LogP contribution in [0, 0.1) is 5.92 Å². The number of benzene rings is 1. The van der Waals surface area contributed by atoms with Crippen molar-refractivity contribution in [1.29, 1.82) is 0 Å². The molecule has 0 saturated carbocycles. The first-order valence-electron chi connectivity index (χ1n) is 11.7. The molecule has 0 aliphatic carbocycles. The highest BCUT2D eigenvalue weighted by Crippen LogP contribution is 2.36. The number of rotatable bonds is 6. The van der Waals surface area contributed by atoms with Gasteiger partial charge in [-0.25, -0.2) is 9.97 Å². The first-order valence-corrected chi connectivity index (χ1v) is 11.7. The Labute approximate surface area is 189 Å². The standard InChI is InChI=1S/C24H32N6O2/c31-23(25-9-4-10-28-13-15-32-16-14-28)20-17-19-5-1-2-6-21(19)30-12-11-29(18-22(20)30)24-26-7-3-8-27-24/h1-3,5-8,20,22H,4,9-18H2,(H,25,31). The van der Waals surface area contributed by atoms with Crippen LogP contribution in [-0.2, 0) is 16.0 Å². The zero-order chi connectivity index (χ0) is 21.8. The Morgan fingerprint density at radius 3 is 2.72 bits per heavy atom. The van der Waals surface area contributed by atoms with Crippen LogP contribution in [-0.4, -0.2) is 85.8 Å². The number of carbonyl (C=O) groups is 1. The predicted octanol–water partition coefficient (Wildman–Crippen LogP) is 1.18. The highest BCUT2D eigenvalue weighted by molar-refractivity contribution is 5.82. The van der Waals surface area contributed by atoms with Crippen molar-refractivity contribution >= 4 is 17.5 Å². The zero-order valence-electron chi connectivity index (χ0n) is 18.5. The monoisotopic (exact) mass is 436 g/mol. The Kier molecular flexibility index (Phi) is 6.50. The molecule has 3 aliphatic heterocycles. The molecule has 8 heteroatoms. The van der Waals surface area contributed by atoms with Crippen LogP contribution in [0.15, 0.2) is 42.7 Å². The van der Waals surface area contributed by atoms with E-state index in [4.69, 9.17) is 4.74 Å². The van der Waals surface area contributed by atoms with E-state index in [0.717, 1.165) is 71.3 Å². The van der Waals surface area contributed by atoms with Crippen molar-refractivity contribution in [3.63, 3.8) is 0 Å². The summed E-state index contributed by atoms with van der Waals surface area (Å²) in [5.74, 6) is 0.822. The molecule has 1 amide bonds. The number of fused-ring (bicyclic) bond motifs is 3. The molecule has 5 rings (SSSR count). The molecule has 3 aliphatic rings. The maximum Gasteiger partial charge on any atom is 0.225 e. The van der Waals surface area contributed by atoms with Gasteiger partial charge in [0.15, 0.2) is 0 Å². The summed E-state index contributed by atoms with van der Waals surface area (Å²) < 4.78 is 5.41. The average Bonchev–Trinajstić information content (AvgIpc) is 2.87. The van der Waals surface area contributed by atoms with Gasteiger partial charge in [-0.15, -0.1) is 0 Å². The normalized spacial score (nSPS) is 23.4. The number of piperazine rings is 1. The number of morpholine rings is 1. The van der Waals surface area contributed by atoms with Crippen molar-refractivity contribution in [2.75, 3.05) is 68.8 Å². The summed E-state index contributed by atoms with van der Waals surface area (Å²) in [4.78, 5) is 29.3. The molecular formula is C24H32N6O2. The zero-order valence-corrected chi connectivity index (χ0v) is 18.5. The molecule has 8 nitrogen and oxygen atoms in total. The van der Waals surface area contributed by atoms with Crippen LogP contribution >= 0.6 is 0 Å². The van der Waals surface area contributed by atoms with Gasteiger partial charge in [0.1, 0.15) is 0 Å². The summed E-state index contributed by atoms with van der Waals surface area (Å²) in [6.45, 7) is 7.79. The summed E-state index contributed by atoms with van der Waals surface area (Å²) in [7, 11) is 0. The van der Waals surface area contributed by atoms with Crippen molar-refractivity contribution in [2.24, 2.45) is 5.92 Å². The van der Waals surface area contributed by atoms with Gasteiger partial charge in [0.2, 0.25) is 11.9 Å². The van der Waals surface area contributed by atoms with E-state index in [1.54, 1.807) is 12.4 Å². The molecule has 1 N–H and O–H groups in total. The van der Waals surface area contributed by atoms with Gasteiger partial charge in [-0.1, -0.05) is 18.2 Å². The second-order valence-corrected chi connectivity index (χ2v) is 8.79. The fraction of sp³-hybridized carbons (Fsp3) is 0.542. The van der Waals surface area contributed by atoms with E-state index in [0.29, 0.717) is 6.54 Å². The third-order valence-electron chi connectivity index (χ3n) is 6.85. The number of hydrogen-bond donors (Lipinski definition) is 1. The molecular weight excluding hydrogens is 404 g/mol. The number of para-hydroxylation sites is 1. The van der Waals surface area contributed by atoms with Gasteiger partial charge in [0, 0.05) is 57.3 Å². The third kappa shape index (κ3) is 4.56. The maximum atomic E-state index is 13.3. The van der Waals surface area contributed by atoms with E-state index in [2.05, 4.69) is 54.2 Å². The van der Waals surface area contributed by atoms with E-state index in [1.165, 1.54) is 11.3 Å². The molecule has 170 valence electrons. The number of amides is 1. The molecule has 2 aromatic rings. The van der Waals surface area contributed by atoms with Crippen molar-refractivity contribution in [3.05, 3.63) is 48.3 Å². The molecule has 0 radical (unpaired) electrons. The molecule has 2 saturated heterocycles. The topological polar surface area (TPSA) is 73.8 Å². The lowest BCUT2D eigenvalue weighted by molar-refractivity contribution is -0.125. The van der Waals surface area contributed by atoms with Crippen LogP contribution in [0.3, 0.4) is 0 Å². The van der Waals surface area contributed by atoms with Crippen LogP contribution in [0.1, 0.15) is 12.0 Å². The van der Waals surface area contributed by atoms with Gasteiger partial charge >= 0.3 is 0 Å². The lowest BCUT2D eigenvalue weighted by atomic mass is 9.83. The minimum Gasteiger partial charge on any atom is -0.379 e. The quantitative estimate of drug-likeness (QED) is 0.682. The van der Waals surface area contributed by atoms with E-state index < -0.39 is 0 Å². The van der Waals surface area contributed by atoms with Gasteiger partial charge in [-0.3, -0.25) is 9.69 Å². The highest BCUT2D eigenvalue weighted by Gasteiger charge is 2.41. The van der Waals surface area contributed by atoms with Crippen molar-refractivity contribution in [2.45, 2.75) is 18.9 Å². The van der Waals surface area contributed by atoms with Crippen LogP contribution in [0.25, 0.3) is 0 Å². The van der Waals surface area contributed by atoms with Gasteiger partial charge in [-0.2, -0.15) is 0 Å². The molecule has 0 bridgehead atoms. The number of nitrogens with zero attached hydrogens (tertiary/aromatic N) is 5. The Hall–Kier alpha value is -2.71. The van der Waals surface area contributed by atoms with Crippen molar-refractivity contribution in [3.8, 4) is 0 Å². The lowest BCUT2D eigenvalue weighted by Gasteiger charge is -2.49. The average molecular weight is 437 g/mol. The van der Waals surface area contributed by atoms with Crippen LogP contribution in [0.5, 0.6) is 0 Å². The summed E-state index contributed by atoms with van der Waals surface area (Å²) in [5.41, 5.74) is 2.53. The third-order valence-corrected chi connectivity index (χ3v) is 6.85. The van der Waals surface area contributed by atoms with Gasteiger partial charge < -0.3 is 19.9 Å². The molecule has 0 spiro atoms. The molecule has 4 heterocycles. The van der Waals surface area contributed by atoms with E-state index in [1.807, 2.05) is 6.07 Å². The number of ether oxygens (including phenoxy) is 1. The second kappa shape index (κ2) is 9.83. The minimum absolute atomic E-state index is 0.0835. The Morgan fingerprint density at radius 2 is 1.88 bits per heavy atom. The summed E-state index contributed by atoms with van der Waals surface area (Å²) in [6, 6.07) is 10.5. The smallest absolute Gasteiger partial charge is 0.225 e. The SMILES string of the molecule is O=C(NCCCN1CCOCC1)C1Cc2ccccc2N2CCN(c3ncccn3)CC12. The van der Waals surface area contributed by atoms with Gasteiger partial charge in [-0.05, 0) is 37.1 Å². The lowest BCUT2D eigenvalue weighted by Crippen LogP contribution is -2.61. The molecule has 2 fully saturated rings. The van der Waals surface area contributed by atoms with E-state index in [-0.39, 0.29) is 17.9 Å². The fourth-order valence-corrected chi connectivity index (χ4v) is 5.16. The second-order valence-electron chi connectivity index (χ2n) is 8.79. The number of anilines is 2. The number of carbonyl (C=O) groups excluding carboxylic acids is 1. The number of aromatic nitrogens is 2. The van der Waals surface area contributed by atoms with Crippen LogP contribution in [0.4, 0.5) is 11.6 Å². The molecule has 2 atom stereocenters. The summed E-state index contributed by atoms with van der Waals surface area (Å²) in [6.07, 6.45) is 5.30. The van der Waals surface area contributed by atoms with E-state index >= 15 is 0 Å². The molecule has 1 aromatic heterocycles.